The number of anilines is 1. The average Bonchev–Trinajstić information content (AvgIpc) is 3.01. The molecule has 122 valence electrons. The highest BCUT2D eigenvalue weighted by Crippen LogP contribution is 2.22. The number of hydrogen-bond acceptors (Lipinski definition) is 8. The number of nitrogens with zero attached hydrogens (tertiary/aromatic N) is 3. The highest BCUT2D eigenvalue weighted by Gasteiger charge is 2.13. The fourth-order valence-electron chi connectivity index (χ4n) is 1.79. The largest absolute Gasteiger partial charge is 0.456 e. The first kappa shape index (κ1) is 16.4. The molecule has 0 radical (unpaired) electrons. The van der Waals surface area contributed by atoms with Crippen LogP contribution in [0, 0.1) is 10.1 Å². The Balaban J connectivity index is 1.75. The molecule has 0 atom stereocenters. The Hall–Kier alpha value is -2.97. The first-order chi connectivity index (χ1) is 11.1. The van der Waals surface area contributed by atoms with Crippen molar-refractivity contribution in [2.45, 2.75) is 26.4 Å². The summed E-state index contributed by atoms with van der Waals surface area (Å²) < 4.78 is 10.2. The maximum Gasteiger partial charge on any atom is 0.308 e. The van der Waals surface area contributed by atoms with Crippen LogP contribution in [0.1, 0.15) is 25.1 Å². The normalized spacial score (nSPS) is 10.3. The number of nitro groups is 1. The van der Waals surface area contributed by atoms with Gasteiger partial charge in [-0.2, -0.15) is 0 Å². The van der Waals surface area contributed by atoms with Crippen LogP contribution in [-0.4, -0.2) is 27.6 Å². The third-order valence-electron chi connectivity index (χ3n) is 2.91. The molecule has 0 spiro atoms. The van der Waals surface area contributed by atoms with Crippen LogP contribution in [-0.2, 0) is 22.6 Å². The fraction of sp³-hybridized carbons (Fsp3) is 0.357. The molecule has 1 N–H and O–H groups in total. The van der Waals surface area contributed by atoms with Crippen molar-refractivity contribution in [1.82, 2.24) is 10.2 Å². The van der Waals surface area contributed by atoms with Crippen LogP contribution in [0.15, 0.2) is 28.7 Å². The van der Waals surface area contributed by atoms with E-state index >= 15 is 0 Å². The molecule has 2 aromatic rings. The molecule has 0 unspecified atom stereocenters. The molecular formula is C14H16N4O5. The minimum atomic E-state index is -0.485. The number of nitrogens with one attached hydrogen (secondary N) is 1. The van der Waals surface area contributed by atoms with E-state index in [4.69, 9.17) is 9.15 Å². The summed E-state index contributed by atoms with van der Waals surface area (Å²) in [6, 6.07) is 6.22. The van der Waals surface area contributed by atoms with Gasteiger partial charge in [-0.05, 0) is 6.07 Å². The standard InChI is InChI=1S/C14H16N4O5/c1-2-12-16-17-13(23-12)9-22-14(19)7-8-15-10-5-3-4-6-11(10)18(20)21/h3-6,15H,2,7-9H2,1H3. The van der Waals surface area contributed by atoms with Crippen molar-refractivity contribution >= 4 is 17.3 Å². The van der Waals surface area contributed by atoms with Gasteiger partial charge in [0.15, 0.2) is 6.61 Å². The Labute approximate surface area is 131 Å². The smallest absolute Gasteiger partial charge is 0.308 e. The molecule has 0 fully saturated rings. The lowest BCUT2D eigenvalue weighted by Gasteiger charge is -2.06. The number of nitro benzene ring substituents is 1. The van der Waals surface area contributed by atoms with Crippen LogP contribution in [0.4, 0.5) is 11.4 Å². The van der Waals surface area contributed by atoms with Gasteiger partial charge in [-0.25, -0.2) is 0 Å². The maximum atomic E-state index is 11.6. The number of aromatic nitrogens is 2. The Morgan fingerprint density at radius 2 is 2.09 bits per heavy atom. The molecule has 0 bridgehead atoms. The van der Waals surface area contributed by atoms with Gasteiger partial charge in [0.2, 0.25) is 5.89 Å². The zero-order valence-electron chi connectivity index (χ0n) is 12.5. The molecule has 2 rings (SSSR count). The molecule has 0 aliphatic heterocycles. The van der Waals surface area contributed by atoms with E-state index in [2.05, 4.69) is 15.5 Å². The summed E-state index contributed by atoms with van der Waals surface area (Å²) in [4.78, 5) is 22.0. The first-order valence-corrected chi connectivity index (χ1v) is 7.04. The Kier molecular flexibility index (Phi) is 5.61. The van der Waals surface area contributed by atoms with Gasteiger partial charge in [0.1, 0.15) is 5.69 Å². The summed E-state index contributed by atoms with van der Waals surface area (Å²) in [6.45, 7) is 2.00. The van der Waals surface area contributed by atoms with E-state index in [0.29, 0.717) is 18.0 Å². The molecule has 0 saturated carbocycles. The van der Waals surface area contributed by atoms with Gasteiger partial charge in [0.25, 0.3) is 11.6 Å². The first-order valence-electron chi connectivity index (χ1n) is 7.04. The minimum absolute atomic E-state index is 0.0428. The van der Waals surface area contributed by atoms with Crippen LogP contribution < -0.4 is 5.32 Å². The number of aryl methyl sites for hydroxylation is 1. The molecule has 0 aliphatic rings. The predicted molar refractivity (Wildman–Crippen MR) is 79.7 cm³/mol. The quantitative estimate of drug-likeness (QED) is 0.446. The van der Waals surface area contributed by atoms with Crippen molar-refractivity contribution in [2.75, 3.05) is 11.9 Å². The zero-order chi connectivity index (χ0) is 16.7. The van der Waals surface area contributed by atoms with Crippen LogP contribution in [0.3, 0.4) is 0 Å². The SMILES string of the molecule is CCc1nnc(COC(=O)CCNc2ccccc2[N+](=O)[O-])o1. The summed E-state index contributed by atoms with van der Waals surface area (Å²) in [5, 5.41) is 21.2. The van der Waals surface area contributed by atoms with Gasteiger partial charge < -0.3 is 14.5 Å². The third kappa shape index (κ3) is 4.77. The van der Waals surface area contributed by atoms with Gasteiger partial charge in [0.05, 0.1) is 11.3 Å². The van der Waals surface area contributed by atoms with Crippen molar-refractivity contribution in [3.63, 3.8) is 0 Å². The number of rotatable bonds is 8. The molecular weight excluding hydrogens is 304 g/mol. The number of benzene rings is 1. The number of carbonyl (C=O) groups excluding carboxylic acids is 1. The van der Waals surface area contributed by atoms with Gasteiger partial charge >= 0.3 is 5.97 Å². The molecule has 1 heterocycles. The molecule has 0 amide bonds. The van der Waals surface area contributed by atoms with E-state index in [1.807, 2.05) is 6.92 Å². The summed E-state index contributed by atoms with van der Waals surface area (Å²) >= 11 is 0. The summed E-state index contributed by atoms with van der Waals surface area (Å²) in [5.41, 5.74) is 0.314. The van der Waals surface area contributed by atoms with Gasteiger partial charge in [-0.15, -0.1) is 10.2 Å². The van der Waals surface area contributed by atoms with Crippen LogP contribution in [0.25, 0.3) is 0 Å². The highest BCUT2D eigenvalue weighted by atomic mass is 16.6. The van der Waals surface area contributed by atoms with Crippen molar-refractivity contribution in [3.8, 4) is 0 Å². The lowest BCUT2D eigenvalue weighted by Crippen LogP contribution is -2.12. The molecule has 1 aromatic heterocycles. The average molecular weight is 320 g/mol. The lowest BCUT2D eigenvalue weighted by molar-refractivity contribution is -0.384. The number of hydrogen-bond donors (Lipinski definition) is 1. The van der Waals surface area contributed by atoms with E-state index in [1.165, 1.54) is 6.07 Å². The zero-order valence-corrected chi connectivity index (χ0v) is 12.5. The van der Waals surface area contributed by atoms with Gasteiger partial charge in [0, 0.05) is 19.0 Å². The fourth-order valence-corrected chi connectivity index (χ4v) is 1.79. The summed E-state index contributed by atoms with van der Waals surface area (Å²) in [5.74, 6) is 0.253. The second-order valence-electron chi connectivity index (χ2n) is 4.55. The number of para-hydroxylation sites is 2. The minimum Gasteiger partial charge on any atom is -0.456 e. The summed E-state index contributed by atoms with van der Waals surface area (Å²) in [6.07, 6.45) is 0.668. The van der Waals surface area contributed by atoms with Crippen LogP contribution >= 0.6 is 0 Å². The second-order valence-corrected chi connectivity index (χ2v) is 4.55. The van der Waals surface area contributed by atoms with Crippen LogP contribution in [0.2, 0.25) is 0 Å². The van der Waals surface area contributed by atoms with Gasteiger partial charge in [-0.3, -0.25) is 14.9 Å². The van der Waals surface area contributed by atoms with Crippen LogP contribution in [0.5, 0.6) is 0 Å². The predicted octanol–water partition coefficient (Wildman–Crippen LogP) is 2.09. The molecule has 1 aromatic carbocycles. The second kappa shape index (κ2) is 7.87. The highest BCUT2D eigenvalue weighted by molar-refractivity contribution is 5.70. The molecule has 0 aliphatic carbocycles. The van der Waals surface area contributed by atoms with Crippen molar-refractivity contribution in [2.24, 2.45) is 0 Å². The molecule has 9 heteroatoms. The van der Waals surface area contributed by atoms with E-state index in [1.54, 1.807) is 18.2 Å². The Bertz CT molecular complexity index is 685. The van der Waals surface area contributed by atoms with Gasteiger partial charge in [-0.1, -0.05) is 19.1 Å². The monoisotopic (exact) mass is 320 g/mol. The third-order valence-corrected chi connectivity index (χ3v) is 2.91. The van der Waals surface area contributed by atoms with Crippen molar-refractivity contribution < 1.29 is 18.9 Å². The maximum absolute atomic E-state index is 11.6. The van der Waals surface area contributed by atoms with Crippen molar-refractivity contribution in [1.29, 1.82) is 0 Å². The van der Waals surface area contributed by atoms with E-state index < -0.39 is 10.9 Å². The summed E-state index contributed by atoms with van der Waals surface area (Å²) in [7, 11) is 0. The van der Waals surface area contributed by atoms with E-state index in [-0.39, 0.29) is 31.2 Å². The van der Waals surface area contributed by atoms with E-state index in [9.17, 15) is 14.9 Å². The topological polar surface area (TPSA) is 120 Å². The number of carbonyl (C=O) groups is 1. The lowest BCUT2D eigenvalue weighted by atomic mass is 10.2. The van der Waals surface area contributed by atoms with E-state index in [0.717, 1.165) is 0 Å². The Morgan fingerprint density at radius 3 is 2.78 bits per heavy atom. The molecule has 9 nitrogen and oxygen atoms in total. The van der Waals surface area contributed by atoms with Crippen molar-refractivity contribution in [3.05, 3.63) is 46.2 Å². The molecule has 23 heavy (non-hydrogen) atoms. The molecule has 0 saturated heterocycles. The number of ether oxygens (including phenoxy) is 1. The number of esters is 1. The Morgan fingerprint density at radius 1 is 1.35 bits per heavy atom.